The van der Waals surface area contributed by atoms with Gasteiger partial charge in [-0.3, -0.25) is 4.98 Å². The molecule has 1 aromatic carbocycles. The fourth-order valence-corrected chi connectivity index (χ4v) is 1.96. The molecule has 0 fully saturated rings. The van der Waals surface area contributed by atoms with Crippen LogP contribution in [0.25, 0.3) is 0 Å². The molecule has 5 heteroatoms. The SMILES string of the molecule is Cc1cccc(C(O)(c2ccncc2)C(F)(F)F)c1. The molecule has 2 rings (SSSR count). The maximum Gasteiger partial charge on any atom is 0.425 e. The zero-order valence-electron chi connectivity index (χ0n) is 10.1. The van der Waals surface area contributed by atoms with Gasteiger partial charge in [-0.05, 0) is 24.6 Å². The lowest BCUT2D eigenvalue weighted by molar-refractivity contribution is -0.248. The van der Waals surface area contributed by atoms with Crippen LogP contribution in [0.4, 0.5) is 13.2 Å². The van der Waals surface area contributed by atoms with Crippen molar-refractivity contribution in [2.75, 3.05) is 0 Å². The van der Waals surface area contributed by atoms with E-state index in [0.717, 1.165) is 12.1 Å². The third-order valence-corrected chi connectivity index (χ3v) is 2.94. The molecule has 19 heavy (non-hydrogen) atoms. The van der Waals surface area contributed by atoms with E-state index in [9.17, 15) is 18.3 Å². The molecule has 0 saturated carbocycles. The van der Waals surface area contributed by atoms with Gasteiger partial charge in [0.1, 0.15) is 0 Å². The summed E-state index contributed by atoms with van der Waals surface area (Å²) in [7, 11) is 0. The van der Waals surface area contributed by atoms with E-state index >= 15 is 0 Å². The zero-order chi connectivity index (χ0) is 14.1. The number of benzene rings is 1. The van der Waals surface area contributed by atoms with Crippen molar-refractivity contribution in [2.24, 2.45) is 0 Å². The summed E-state index contributed by atoms with van der Waals surface area (Å²) in [6.07, 6.45) is -2.37. The van der Waals surface area contributed by atoms with E-state index in [1.807, 2.05) is 0 Å². The van der Waals surface area contributed by atoms with Gasteiger partial charge in [0, 0.05) is 18.0 Å². The van der Waals surface area contributed by atoms with E-state index in [0.29, 0.717) is 5.56 Å². The number of rotatable bonds is 2. The first kappa shape index (κ1) is 13.5. The molecule has 0 aliphatic rings. The number of hydrogen-bond acceptors (Lipinski definition) is 2. The largest absolute Gasteiger partial charge is 0.425 e. The summed E-state index contributed by atoms with van der Waals surface area (Å²) in [5, 5.41) is 10.3. The highest BCUT2D eigenvalue weighted by Gasteiger charge is 2.56. The maximum atomic E-state index is 13.3. The molecule has 1 atom stereocenters. The molecule has 0 amide bonds. The minimum atomic E-state index is -4.82. The number of aromatic nitrogens is 1. The topological polar surface area (TPSA) is 33.1 Å². The predicted octanol–water partition coefficient (Wildman–Crippen LogP) is 3.19. The van der Waals surface area contributed by atoms with Crippen LogP contribution in [0, 0.1) is 6.92 Å². The highest BCUT2D eigenvalue weighted by atomic mass is 19.4. The molecule has 2 aromatic rings. The molecular weight excluding hydrogens is 255 g/mol. The Morgan fingerprint density at radius 2 is 1.63 bits per heavy atom. The van der Waals surface area contributed by atoms with E-state index in [4.69, 9.17) is 0 Å². The summed E-state index contributed by atoms with van der Waals surface area (Å²) in [6.45, 7) is 1.67. The van der Waals surface area contributed by atoms with Crippen molar-refractivity contribution >= 4 is 0 Å². The van der Waals surface area contributed by atoms with Crippen molar-refractivity contribution in [2.45, 2.75) is 18.7 Å². The molecule has 0 saturated heterocycles. The van der Waals surface area contributed by atoms with Gasteiger partial charge in [-0.25, -0.2) is 0 Å². The lowest BCUT2D eigenvalue weighted by Gasteiger charge is -2.31. The summed E-state index contributed by atoms with van der Waals surface area (Å²) in [6, 6.07) is 8.08. The second kappa shape index (κ2) is 4.66. The Balaban J connectivity index is 2.66. The Bertz CT molecular complexity index is 568. The molecular formula is C14H12F3NO. The van der Waals surface area contributed by atoms with E-state index < -0.39 is 11.8 Å². The number of aliphatic hydroxyl groups is 1. The third-order valence-electron chi connectivity index (χ3n) is 2.94. The number of aryl methyl sites for hydroxylation is 1. The van der Waals surface area contributed by atoms with Crippen LogP contribution in [0.15, 0.2) is 48.8 Å². The molecule has 1 heterocycles. The van der Waals surface area contributed by atoms with Crippen LogP contribution in [0.2, 0.25) is 0 Å². The van der Waals surface area contributed by atoms with E-state index in [2.05, 4.69) is 4.98 Å². The molecule has 0 bridgehead atoms. The van der Waals surface area contributed by atoms with Crippen LogP contribution >= 0.6 is 0 Å². The fourth-order valence-electron chi connectivity index (χ4n) is 1.96. The van der Waals surface area contributed by atoms with Crippen LogP contribution in [-0.4, -0.2) is 16.3 Å². The summed E-state index contributed by atoms with van der Waals surface area (Å²) in [5.74, 6) is 0. The van der Waals surface area contributed by atoms with Crippen molar-refractivity contribution in [1.29, 1.82) is 0 Å². The van der Waals surface area contributed by atoms with Crippen LogP contribution in [-0.2, 0) is 5.60 Å². The van der Waals surface area contributed by atoms with Gasteiger partial charge >= 0.3 is 6.18 Å². The summed E-state index contributed by atoms with van der Waals surface area (Å²) < 4.78 is 40.0. The van der Waals surface area contributed by atoms with Gasteiger partial charge in [0.25, 0.3) is 0 Å². The van der Waals surface area contributed by atoms with Crippen molar-refractivity contribution in [3.8, 4) is 0 Å². The molecule has 1 unspecified atom stereocenters. The van der Waals surface area contributed by atoms with E-state index in [1.165, 1.54) is 30.6 Å². The van der Waals surface area contributed by atoms with Gasteiger partial charge in [-0.15, -0.1) is 0 Å². The number of pyridine rings is 1. The average molecular weight is 267 g/mol. The Morgan fingerprint density at radius 1 is 1.00 bits per heavy atom. The average Bonchev–Trinajstić information content (AvgIpc) is 2.37. The van der Waals surface area contributed by atoms with Crippen LogP contribution < -0.4 is 0 Å². The number of nitrogens with zero attached hydrogens (tertiary/aromatic N) is 1. The van der Waals surface area contributed by atoms with Gasteiger partial charge in [0.15, 0.2) is 0 Å². The predicted molar refractivity (Wildman–Crippen MR) is 64.5 cm³/mol. The zero-order valence-corrected chi connectivity index (χ0v) is 10.1. The second-order valence-electron chi connectivity index (χ2n) is 4.31. The molecule has 0 aliphatic heterocycles. The lowest BCUT2D eigenvalue weighted by atomic mass is 9.85. The smallest absolute Gasteiger partial charge is 0.372 e. The Hall–Kier alpha value is -1.88. The first-order valence-corrected chi connectivity index (χ1v) is 5.62. The quantitative estimate of drug-likeness (QED) is 0.906. The summed E-state index contributed by atoms with van der Waals surface area (Å²) in [4.78, 5) is 3.67. The number of alkyl halides is 3. The molecule has 1 N–H and O–H groups in total. The standard InChI is InChI=1S/C14H12F3NO/c1-10-3-2-4-12(9-10)13(19,14(15,16)17)11-5-7-18-8-6-11/h2-9,19H,1H3. The second-order valence-corrected chi connectivity index (χ2v) is 4.31. The monoisotopic (exact) mass is 267 g/mol. The van der Waals surface area contributed by atoms with Gasteiger partial charge in [0.05, 0.1) is 0 Å². The first-order valence-electron chi connectivity index (χ1n) is 5.62. The summed E-state index contributed by atoms with van der Waals surface area (Å²) >= 11 is 0. The van der Waals surface area contributed by atoms with Gasteiger partial charge in [-0.1, -0.05) is 29.8 Å². The Morgan fingerprint density at radius 3 is 2.16 bits per heavy atom. The van der Waals surface area contributed by atoms with Crippen molar-refractivity contribution in [3.05, 3.63) is 65.5 Å². The maximum absolute atomic E-state index is 13.3. The van der Waals surface area contributed by atoms with Crippen LogP contribution in [0.1, 0.15) is 16.7 Å². The van der Waals surface area contributed by atoms with Crippen LogP contribution in [0.3, 0.4) is 0 Å². The Labute approximate surface area is 108 Å². The molecule has 0 spiro atoms. The molecule has 1 aromatic heterocycles. The minimum absolute atomic E-state index is 0.203. The van der Waals surface area contributed by atoms with Crippen LogP contribution in [0.5, 0.6) is 0 Å². The van der Waals surface area contributed by atoms with Crippen molar-refractivity contribution < 1.29 is 18.3 Å². The third kappa shape index (κ3) is 2.33. The highest BCUT2D eigenvalue weighted by molar-refractivity contribution is 5.38. The van der Waals surface area contributed by atoms with E-state index in [1.54, 1.807) is 13.0 Å². The van der Waals surface area contributed by atoms with Crippen molar-refractivity contribution in [1.82, 2.24) is 4.98 Å². The fraction of sp³-hybridized carbons (Fsp3) is 0.214. The molecule has 100 valence electrons. The molecule has 0 aliphatic carbocycles. The molecule has 2 nitrogen and oxygen atoms in total. The van der Waals surface area contributed by atoms with Gasteiger partial charge in [-0.2, -0.15) is 13.2 Å². The van der Waals surface area contributed by atoms with Crippen molar-refractivity contribution in [3.63, 3.8) is 0 Å². The lowest BCUT2D eigenvalue weighted by Crippen LogP contribution is -2.43. The summed E-state index contributed by atoms with van der Waals surface area (Å²) in [5.41, 5.74) is -2.83. The minimum Gasteiger partial charge on any atom is -0.372 e. The first-order chi connectivity index (χ1) is 8.85. The Kier molecular flexibility index (Phi) is 3.32. The van der Waals surface area contributed by atoms with Gasteiger partial charge in [0.2, 0.25) is 5.60 Å². The van der Waals surface area contributed by atoms with Gasteiger partial charge < -0.3 is 5.11 Å². The normalized spacial score (nSPS) is 15.0. The highest BCUT2D eigenvalue weighted by Crippen LogP contribution is 2.44. The number of halogens is 3. The molecule has 0 radical (unpaired) electrons. The van der Waals surface area contributed by atoms with E-state index in [-0.39, 0.29) is 11.1 Å². The number of hydrogen-bond donors (Lipinski definition) is 1.